The molecule has 1 aromatic rings. The lowest BCUT2D eigenvalue weighted by molar-refractivity contribution is -0.148. The maximum Gasteiger partial charge on any atom is 0.289 e. The number of nitrogens with zero attached hydrogens (tertiary/aromatic N) is 2. The lowest BCUT2D eigenvalue weighted by atomic mass is 9.67. The molecule has 1 aliphatic carbocycles. The topological polar surface area (TPSA) is 57.7 Å². The molecule has 26 heavy (non-hydrogen) atoms. The van der Waals surface area contributed by atoms with Crippen molar-refractivity contribution < 1.29 is 14.4 Å². The first kappa shape index (κ1) is 17.3. The Balaban J connectivity index is 1.56. The monoisotopic (exact) mass is 354 g/mol. The molecule has 2 heterocycles. The van der Waals surface area contributed by atoms with Crippen molar-refractivity contribution in [2.24, 2.45) is 5.41 Å². The summed E-state index contributed by atoms with van der Waals surface area (Å²) in [5.41, 5.74) is 1.16. The van der Waals surface area contributed by atoms with E-state index in [0.29, 0.717) is 19.1 Å². The van der Waals surface area contributed by atoms with Gasteiger partial charge in [-0.3, -0.25) is 14.4 Å². The van der Waals surface area contributed by atoms with Crippen LogP contribution in [0.4, 0.5) is 0 Å². The number of ketones is 1. The molecule has 3 aliphatic rings. The second-order valence-corrected chi connectivity index (χ2v) is 8.21. The standard InChI is InChI=1S/C21H26N2O3/c1-15(24)19(25)22-11-9-21(10-12-22)13-18(16-5-3-2-4-6-16)20(26)23(14-21)17-7-8-17/h2-6,17-18H,7-14H2,1H3/t18-/m0/s1. The normalized spacial score (nSPS) is 25.4. The van der Waals surface area contributed by atoms with Gasteiger partial charge < -0.3 is 9.80 Å². The van der Waals surface area contributed by atoms with E-state index in [1.165, 1.54) is 6.92 Å². The highest BCUT2D eigenvalue weighted by molar-refractivity contribution is 6.35. The second kappa shape index (κ2) is 6.53. The zero-order valence-electron chi connectivity index (χ0n) is 15.3. The van der Waals surface area contributed by atoms with Crippen LogP contribution < -0.4 is 0 Å². The molecule has 3 fully saturated rings. The van der Waals surface area contributed by atoms with Gasteiger partial charge in [0.2, 0.25) is 11.7 Å². The molecule has 4 rings (SSSR count). The van der Waals surface area contributed by atoms with Crippen LogP contribution in [0.5, 0.6) is 0 Å². The number of carbonyl (C=O) groups is 3. The summed E-state index contributed by atoms with van der Waals surface area (Å²) >= 11 is 0. The molecule has 5 heteroatoms. The van der Waals surface area contributed by atoms with Gasteiger partial charge in [0.05, 0.1) is 5.92 Å². The van der Waals surface area contributed by atoms with Gasteiger partial charge in [0, 0.05) is 32.6 Å². The summed E-state index contributed by atoms with van der Waals surface area (Å²) in [6.07, 6.45) is 4.80. The molecule has 1 spiro atoms. The van der Waals surface area contributed by atoms with E-state index in [-0.39, 0.29) is 28.9 Å². The molecule has 0 N–H and O–H groups in total. The minimum Gasteiger partial charge on any atom is -0.339 e. The van der Waals surface area contributed by atoms with Crippen LogP contribution in [-0.4, -0.2) is 53.1 Å². The molecule has 0 bridgehead atoms. The lowest BCUT2D eigenvalue weighted by Gasteiger charge is -2.50. The van der Waals surface area contributed by atoms with Crippen molar-refractivity contribution in [2.45, 2.75) is 51.0 Å². The largest absolute Gasteiger partial charge is 0.339 e. The second-order valence-electron chi connectivity index (χ2n) is 8.21. The third-order valence-corrected chi connectivity index (χ3v) is 6.33. The fourth-order valence-electron chi connectivity index (χ4n) is 4.63. The molecule has 1 saturated carbocycles. The fraction of sp³-hybridized carbons (Fsp3) is 0.571. The average Bonchev–Trinajstić information content (AvgIpc) is 3.49. The van der Waals surface area contributed by atoms with Crippen molar-refractivity contribution >= 4 is 17.6 Å². The Morgan fingerprint density at radius 1 is 1.08 bits per heavy atom. The summed E-state index contributed by atoms with van der Waals surface area (Å²) in [5.74, 6) is -0.570. The molecule has 2 saturated heterocycles. The van der Waals surface area contributed by atoms with Gasteiger partial charge in [-0.05, 0) is 43.1 Å². The van der Waals surface area contributed by atoms with E-state index < -0.39 is 0 Å². The van der Waals surface area contributed by atoms with Crippen molar-refractivity contribution in [3.63, 3.8) is 0 Å². The van der Waals surface area contributed by atoms with Gasteiger partial charge in [0.25, 0.3) is 5.91 Å². The molecular weight excluding hydrogens is 328 g/mol. The first-order valence-electron chi connectivity index (χ1n) is 9.64. The highest BCUT2D eigenvalue weighted by atomic mass is 16.2. The van der Waals surface area contributed by atoms with Gasteiger partial charge in [-0.2, -0.15) is 0 Å². The maximum atomic E-state index is 13.1. The molecule has 0 aromatic heterocycles. The molecule has 2 amide bonds. The van der Waals surface area contributed by atoms with E-state index in [9.17, 15) is 14.4 Å². The van der Waals surface area contributed by atoms with Gasteiger partial charge in [-0.15, -0.1) is 0 Å². The van der Waals surface area contributed by atoms with Gasteiger partial charge in [-0.1, -0.05) is 30.3 Å². The van der Waals surface area contributed by atoms with Gasteiger partial charge in [0.15, 0.2) is 0 Å². The minimum absolute atomic E-state index is 0.0601. The summed E-state index contributed by atoms with van der Waals surface area (Å²) in [7, 11) is 0. The summed E-state index contributed by atoms with van der Waals surface area (Å²) < 4.78 is 0. The van der Waals surface area contributed by atoms with E-state index in [2.05, 4.69) is 17.0 Å². The molecule has 1 atom stereocenters. The number of hydrogen-bond donors (Lipinski definition) is 0. The lowest BCUT2D eigenvalue weighted by Crippen LogP contribution is -2.55. The van der Waals surface area contributed by atoms with Crippen LogP contribution in [0, 0.1) is 5.41 Å². The van der Waals surface area contributed by atoms with Crippen LogP contribution >= 0.6 is 0 Å². The van der Waals surface area contributed by atoms with Crippen LogP contribution in [0.15, 0.2) is 30.3 Å². The predicted molar refractivity (Wildman–Crippen MR) is 97.5 cm³/mol. The number of rotatable bonds is 3. The fourth-order valence-corrected chi connectivity index (χ4v) is 4.63. The summed E-state index contributed by atoms with van der Waals surface area (Å²) in [4.78, 5) is 40.3. The van der Waals surface area contributed by atoms with Crippen molar-refractivity contribution in [3.05, 3.63) is 35.9 Å². The Bertz CT molecular complexity index is 718. The van der Waals surface area contributed by atoms with Gasteiger partial charge in [0.1, 0.15) is 0 Å². The quantitative estimate of drug-likeness (QED) is 0.783. The van der Waals surface area contributed by atoms with E-state index >= 15 is 0 Å². The number of benzene rings is 1. The number of likely N-dealkylation sites (tertiary alicyclic amines) is 2. The Hall–Kier alpha value is -2.17. The third-order valence-electron chi connectivity index (χ3n) is 6.33. The molecule has 5 nitrogen and oxygen atoms in total. The molecule has 0 radical (unpaired) electrons. The SMILES string of the molecule is CC(=O)C(=O)N1CCC2(CC1)C[C@@H](c1ccccc1)C(=O)N(C1CC1)C2. The van der Waals surface area contributed by atoms with Crippen molar-refractivity contribution in [3.8, 4) is 0 Å². The zero-order chi connectivity index (χ0) is 18.3. The van der Waals surface area contributed by atoms with Crippen molar-refractivity contribution in [1.82, 2.24) is 9.80 Å². The highest BCUT2D eigenvalue weighted by Gasteiger charge is 2.49. The average molecular weight is 354 g/mol. The maximum absolute atomic E-state index is 13.1. The molecule has 0 unspecified atom stereocenters. The van der Waals surface area contributed by atoms with Crippen LogP contribution in [-0.2, 0) is 14.4 Å². The third kappa shape index (κ3) is 3.15. The summed E-state index contributed by atoms with van der Waals surface area (Å²) in [6, 6.07) is 10.5. The smallest absolute Gasteiger partial charge is 0.289 e. The number of hydrogen-bond acceptors (Lipinski definition) is 3. The molecular formula is C21H26N2O3. The summed E-state index contributed by atoms with van der Waals surface area (Å²) in [5, 5.41) is 0. The Kier molecular flexibility index (Phi) is 4.33. The number of amides is 2. The van der Waals surface area contributed by atoms with Gasteiger partial charge in [-0.25, -0.2) is 0 Å². The van der Waals surface area contributed by atoms with Crippen LogP contribution in [0.1, 0.15) is 50.5 Å². The first-order valence-corrected chi connectivity index (χ1v) is 9.64. The van der Waals surface area contributed by atoms with E-state index in [1.54, 1.807) is 4.90 Å². The molecule has 138 valence electrons. The molecule has 1 aromatic carbocycles. The summed E-state index contributed by atoms with van der Waals surface area (Å²) in [6.45, 7) is 3.38. The van der Waals surface area contributed by atoms with E-state index in [1.807, 2.05) is 18.2 Å². The van der Waals surface area contributed by atoms with Crippen molar-refractivity contribution in [2.75, 3.05) is 19.6 Å². The Morgan fingerprint density at radius 3 is 2.31 bits per heavy atom. The van der Waals surface area contributed by atoms with Crippen LogP contribution in [0.2, 0.25) is 0 Å². The molecule has 2 aliphatic heterocycles. The van der Waals surface area contributed by atoms with Crippen molar-refractivity contribution in [1.29, 1.82) is 0 Å². The first-order chi connectivity index (χ1) is 12.5. The Labute approximate surface area is 154 Å². The van der Waals surface area contributed by atoms with E-state index in [4.69, 9.17) is 0 Å². The number of piperidine rings is 2. The Morgan fingerprint density at radius 2 is 1.73 bits per heavy atom. The van der Waals surface area contributed by atoms with Crippen LogP contribution in [0.3, 0.4) is 0 Å². The predicted octanol–water partition coefficient (Wildman–Crippen LogP) is 2.36. The number of Topliss-reactive ketones (excluding diaryl/α,β-unsaturated/α-hetero) is 1. The van der Waals surface area contributed by atoms with Gasteiger partial charge >= 0.3 is 0 Å². The van der Waals surface area contributed by atoms with Crippen LogP contribution in [0.25, 0.3) is 0 Å². The number of carbonyl (C=O) groups excluding carboxylic acids is 3. The van der Waals surface area contributed by atoms with E-state index in [0.717, 1.165) is 44.2 Å². The zero-order valence-corrected chi connectivity index (χ0v) is 15.3. The highest BCUT2D eigenvalue weighted by Crippen LogP contribution is 2.48. The minimum atomic E-state index is -0.387.